The van der Waals surface area contributed by atoms with Gasteiger partial charge in [0.1, 0.15) is 11.6 Å². The predicted molar refractivity (Wildman–Crippen MR) is 81.4 cm³/mol. The van der Waals surface area contributed by atoms with Crippen LogP contribution >= 0.6 is 0 Å². The van der Waals surface area contributed by atoms with E-state index in [1.165, 1.54) is 30.4 Å². The van der Waals surface area contributed by atoms with E-state index in [1.54, 1.807) is 0 Å². The van der Waals surface area contributed by atoms with Gasteiger partial charge in [-0.05, 0) is 55.6 Å². The molecule has 1 aliphatic rings. The fourth-order valence-electron chi connectivity index (χ4n) is 2.62. The molecule has 0 saturated heterocycles. The van der Waals surface area contributed by atoms with E-state index in [1.807, 2.05) is 19.3 Å². The van der Waals surface area contributed by atoms with Gasteiger partial charge >= 0.3 is 0 Å². The molecule has 0 atom stereocenters. The molecular formula is C16H20N4. The Morgan fingerprint density at radius 2 is 2.05 bits per heavy atom. The Labute approximate surface area is 119 Å². The Hall–Kier alpha value is -1.94. The maximum atomic E-state index is 4.54. The first-order valence-electron chi connectivity index (χ1n) is 7.20. The van der Waals surface area contributed by atoms with Crippen LogP contribution in [-0.4, -0.2) is 23.6 Å². The summed E-state index contributed by atoms with van der Waals surface area (Å²) in [7, 11) is 1.94. The molecule has 2 N–H and O–H groups in total. The second-order valence-electron chi connectivity index (χ2n) is 5.17. The van der Waals surface area contributed by atoms with Crippen molar-refractivity contribution in [2.75, 3.05) is 18.9 Å². The smallest absolute Gasteiger partial charge is 0.134 e. The number of anilines is 2. The van der Waals surface area contributed by atoms with Crippen LogP contribution in [0.4, 0.5) is 11.5 Å². The van der Waals surface area contributed by atoms with Crippen LogP contribution in [-0.2, 0) is 19.3 Å². The highest BCUT2D eigenvalue weighted by Gasteiger charge is 2.10. The summed E-state index contributed by atoms with van der Waals surface area (Å²) in [5, 5.41) is 6.49. The number of hydrogen-bond donors (Lipinski definition) is 2. The monoisotopic (exact) mass is 268 g/mol. The summed E-state index contributed by atoms with van der Waals surface area (Å²) < 4.78 is 0. The molecule has 0 unspecified atom stereocenters. The van der Waals surface area contributed by atoms with Crippen molar-refractivity contribution < 1.29 is 0 Å². The molecule has 104 valence electrons. The SMILES string of the molecule is CNCCc1nccc(Nc2ccc3c(c2)CCC3)n1. The molecule has 1 aliphatic carbocycles. The third-order valence-electron chi connectivity index (χ3n) is 3.67. The van der Waals surface area contributed by atoms with Gasteiger partial charge in [-0.3, -0.25) is 0 Å². The van der Waals surface area contributed by atoms with Crippen LogP contribution in [0.3, 0.4) is 0 Å². The van der Waals surface area contributed by atoms with Crippen LogP contribution in [0.15, 0.2) is 30.5 Å². The number of likely N-dealkylation sites (N-methyl/N-ethyl adjacent to an activating group) is 1. The first-order chi connectivity index (χ1) is 9.85. The second-order valence-corrected chi connectivity index (χ2v) is 5.17. The molecule has 0 radical (unpaired) electrons. The average Bonchev–Trinajstić information content (AvgIpc) is 2.93. The molecule has 4 heteroatoms. The van der Waals surface area contributed by atoms with Crippen molar-refractivity contribution >= 4 is 11.5 Å². The maximum absolute atomic E-state index is 4.54. The van der Waals surface area contributed by atoms with Crippen LogP contribution in [0.1, 0.15) is 23.4 Å². The van der Waals surface area contributed by atoms with Gasteiger partial charge in [0.15, 0.2) is 0 Å². The van der Waals surface area contributed by atoms with Crippen LogP contribution in [0.5, 0.6) is 0 Å². The van der Waals surface area contributed by atoms with E-state index in [9.17, 15) is 0 Å². The highest BCUT2D eigenvalue weighted by Crippen LogP contribution is 2.26. The van der Waals surface area contributed by atoms with Crippen molar-refractivity contribution in [1.29, 1.82) is 0 Å². The number of rotatable bonds is 5. The quantitative estimate of drug-likeness (QED) is 0.874. The van der Waals surface area contributed by atoms with E-state index >= 15 is 0 Å². The molecule has 4 nitrogen and oxygen atoms in total. The van der Waals surface area contributed by atoms with Crippen molar-refractivity contribution in [1.82, 2.24) is 15.3 Å². The molecular weight excluding hydrogens is 248 g/mol. The molecule has 3 rings (SSSR count). The van der Waals surface area contributed by atoms with Gasteiger partial charge in [0.25, 0.3) is 0 Å². The first kappa shape index (κ1) is 13.1. The number of hydrogen-bond acceptors (Lipinski definition) is 4. The zero-order valence-electron chi connectivity index (χ0n) is 11.8. The predicted octanol–water partition coefficient (Wildman–Crippen LogP) is 2.47. The first-order valence-corrected chi connectivity index (χ1v) is 7.20. The summed E-state index contributed by atoms with van der Waals surface area (Å²) in [6, 6.07) is 8.53. The average molecular weight is 268 g/mol. The summed E-state index contributed by atoms with van der Waals surface area (Å²) in [6.07, 6.45) is 6.35. The van der Waals surface area contributed by atoms with Crippen molar-refractivity contribution in [2.45, 2.75) is 25.7 Å². The van der Waals surface area contributed by atoms with Crippen LogP contribution in [0, 0.1) is 0 Å². The number of aryl methyl sites for hydroxylation is 2. The molecule has 0 aliphatic heterocycles. The Kier molecular flexibility index (Phi) is 3.92. The lowest BCUT2D eigenvalue weighted by atomic mass is 10.1. The molecule has 20 heavy (non-hydrogen) atoms. The van der Waals surface area contributed by atoms with E-state index in [0.29, 0.717) is 0 Å². The lowest BCUT2D eigenvalue weighted by Crippen LogP contribution is -2.12. The third-order valence-corrected chi connectivity index (χ3v) is 3.67. The van der Waals surface area contributed by atoms with Gasteiger partial charge in [0.2, 0.25) is 0 Å². The van der Waals surface area contributed by atoms with Gasteiger partial charge in [0, 0.05) is 24.8 Å². The Balaban J connectivity index is 1.74. The van der Waals surface area contributed by atoms with Crippen molar-refractivity contribution in [3.8, 4) is 0 Å². The van der Waals surface area contributed by atoms with E-state index in [2.05, 4.69) is 38.8 Å². The minimum atomic E-state index is 0.843. The van der Waals surface area contributed by atoms with Crippen LogP contribution < -0.4 is 10.6 Å². The molecule has 0 spiro atoms. The molecule has 1 aromatic heterocycles. The van der Waals surface area contributed by atoms with Gasteiger partial charge in [0.05, 0.1) is 0 Å². The molecule has 0 fully saturated rings. The minimum absolute atomic E-state index is 0.843. The van der Waals surface area contributed by atoms with Gasteiger partial charge in [-0.15, -0.1) is 0 Å². The summed E-state index contributed by atoms with van der Waals surface area (Å²) in [4.78, 5) is 8.82. The largest absolute Gasteiger partial charge is 0.340 e. The number of nitrogens with one attached hydrogen (secondary N) is 2. The minimum Gasteiger partial charge on any atom is -0.340 e. The fourth-order valence-corrected chi connectivity index (χ4v) is 2.62. The highest BCUT2D eigenvalue weighted by atomic mass is 15.0. The van der Waals surface area contributed by atoms with Gasteiger partial charge < -0.3 is 10.6 Å². The number of aromatic nitrogens is 2. The Morgan fingerprint density at radius 3 is 2.95 bits per heavy atom. The van der Waals surface area contributed by atoms with Gasteiger partial charge in [-0.2, -0.15) is 0 Å². The van der Waals surface area contributed by atoms with Gasteiger partial charge in [-0.1, -0.05) is 6.07 Å². The number of nitrogens with zero attached hydrogens (tertiary/aromatic N) is 2. The molecule has 0 saturated carbocycles. The summed E-state index contributed by atoms with van der Waals surface area (Å²) >= 11 is 0. The van der Waals surface area contributed by atoms with E-state index < -0.39 is 0 Å². The summed E-state index contributed by atoms with van der Waals surface area (Å²) in [5.74, 6) is 1.73. The number of benzene rings is 1. The Bertz CT molecular complexity index is 595. The lowest BCUT2D eigenvalue weighted by Gasteiger charge is -2.09. The van der Waals surface area contributed by atoms with E-state index in [-0.39, 0.29) is 0 Å². The molecule has 1 aromatic carbocycles. The van der Waals surface area contributed by atoms with E-state index in [4.69, 9.17) is 0 Å². The highest BCUT2D eigenvalue weighted by molar-refractivity contribution is 5.58. The van der Waals surface area contributed by atoms with Crippen LogP contribution in [0.25, 0.3) is 0 Å². The molecule has 0 amide bonds. The summed E-state index contributed by atoms with van der Waals surface area (Å²) in [6.45, 7) is 0.891. The topological polar surface area (TPSA) is 49.8 Å². The fraction of sp³-hybridized carbons (Fsp3) is 0.375. The second kappa shape index (κ2) is 6.01. The molecule has 1 heterocycles. The standard InChI is InChI=1S/C16H20N4/c1-17-9-7-15-18-10-8-16(20-15)19-14-6-5-12-3-2-4-13(12)11-14/h5-6,8,10-11,17H,2-4,7,9H2,1H3,(H,18,19,20). The lowest BCUT2D eigenvalue weighted by molar-refractivity contribution is 0.756. The van der Waals surface area contributed by atoms with E-state index in [0.717, 1.165) is 30.3 Å². The molecule has 0 bridgehead atoms. The zero-order valence-corrected chi connectivity index (χ0v) is 11.8. The van der Waals surface area contributed by atoms with Gasteiger partial charge in [-0.25, -0.2) is 9.97 Å². The van der Waals surface area contributed by atoms with Crippen molar-refractivity contribution in [3.63, 3.8) is 0 Å². The van der Waals surface area contributed by atoms with Crippen LogP contribution in [0.2, 0.25) is 0 Å². The Morgan fingerprint density at radius 1 is 1.15 bits per heavy atom. The molecule has 2 aromatic rings. The number of fused-ring (bicyclic) bond motifs is 1. The normalized spacial score (nSPS) is 13.2. The maximum Gasteiger partial charge on any atom is 0.134 e. The third kappa shape index (κ3) is 2.96. The summed E-state index contributed by atoms with van der Waals surface area (Å²) in [5.41, 5.74) is 4.08. The van der Waals surface area contributed by atoms with Crippen molar-refractivity contribution in [2.24, 2.45) is 0 Å². The zero-order chi connectivity index (χ0) is 13.8. The van der Waals surface area contributed by atoms with Crippen molar-refractivity contribution in [3.05, 3.63) is 47.4 Å².